The first-order valence-corrected chi connectivity index (χ1v) is 7.75. The molecule has 0 radical (unpaired) electrons. The monoisotopic (exact) mass is 305 g/mol. The third-order valence-corrected chi connectivity index (χ3v) is 4.59. The predicted molar refractivity (Wildman–Crippen MR) is 92.5 cm³/mol. The molecule has 5 heteroatoms. The Kier molecular flexibility index (Phi) is 3.16. The van der Waals surface area contributed by atoms with Gasteiger partial charge in [-0.2, -0.15) is 4.98 Å². The van der Waals surface area contributed by atoms with Gasteiger partial charge in [0.1, 0.15) is 5.82 Å². The number of nitrogen functional groups attached to an aromatic ring is 2. The van der Waals surface area contributed by atoms with E-state index >= 15 is 0 Å². The quantitative estimate of drug-likeness (QED) is 0.761. The topological polar surface area (TPSA) is 81.1 Å². The van der Waals surface area contributed by atoms with Gasteiger partial charge in [-0.15, -0.1) is 0 Å². The van der Waals surface area contributed by atoms with Gasteiger partial charge in [0.25, 0.3) is 0 Å². The highest BCUT2D eigenvalue weighted by molar-refractivity contribution is 5.82. The van der Waals surface area contributed by atoms with Crippen molar-refractivity contribution in [3.05, 3.63) is 59.3 Å². The summed E-state index contributed by atoms with van der Waals surface area (Å²) >= 11 is 0. The fourth-order valence-electron chi connectivity index (χ4n) is 3.32. The first-order chi connectivity index (χ1) is 11.1. The van der Waals surface area contributed by atoms with Crippen LogP contribution in [0.2, 0.25) is 0 Å². The van der Waals surface area contributed by atoms with Gasteiger partial charge in [-0.3, -0.25) is 4.90 Å². The molecule has 1 aliphatic heterocycles. The van der Waals surface area contributed by atoms with Crippen LogP contribution >= 0.6 is 0 Å². The molecule has 0 aliphatic carbocycles. The molecule has 4 rings (SSSR count). The highest BCUT2D eigenvalue weighted by Crippen LogP contribution is 2.36. The lowest BCUT2D eigenvalue weighted by molar-refractivity contribution is 0.218. The third-order valence-electron chi connectivity index (χ3n) is 4.59. The molecule has 4 N–H and O–H groups in total. The first-order valence-electron chi connectivity index (χ1n) is 7.75. The zero-order valence-corrected chi connectivity index (χ0v) is 13.0. The number of hydrogen-bond donors (Lipinski definition) is 2. The van der Waals surface area contributed by atoms with Crippen molar-refractivity contribution in [2.75, 3.05) is 11.5 Å². The molecule has 2 heterocycles. The van der Waals surface area contributed by atoms with Crippen LogP contribution in [0, 0.1) is 0 Å². The third kappa shape index (κ3) is 2.39. The van der Waals surface area contributed by atoms with E-state index in [4.69, 9.17) is 11.5 Å². The summed E-state index contributed by atoms with van der Waals surface area (Å²) in [5.74, 6) is 0.751. The summed E-state index contributed by atoms with van der Waals surface area (Å²) in [6, 6.07) is 15.2. The van der Waals surface area contributed by atoms with Crippen molar-refractivity contribution in [1.82, 2.24) is 14.9 Å². The molecule has 1 unspecified atom stereocenters. The molecule has 23 heavy (non-hydrogen) atoms. The van der Waals surface area contributed by atoms with E-state index in [9.17, 15) is 0 Å². The number of anilines is 2. The number of aromatic nitrogens is 2. The molecular formula is C18H19N5. The summed E-state index contributed by atoms with van der Waals surface area (Å²) in [4.78, 5) is 10.8. The van der Waals surface area contributed by atoms with E-state index in [1.807, 2.05) is 0 Å². The first kappa shape index (κ1) is 14.0. The minimum absolute atomic E-state index is 0.184. The Morgan fingerprint density at radius 1 is 1.09 bits per heavy atom. The molecular weight excluding hydrogens is 286 g/mol. The summed E-state index contributed by atoms with van der Waals surface area (Å²) in [6.07, 6.45) is 0. The van der Waals surface area contributed by atoms with Crippen molar-refractivity contribution in [2.45, 2.75) is 26.1 Å². The molecule has 5 nitrogen and oxygen atoms in total. The van der Waals surface area contributed by atoms with Crippen molar-refractivity contribution < 1.29 is 0 Å². The van der Waals surface area contributed by atoms with Crippen LogP contribution in [0.3, 0.4) is 0 Å². The second-order valence-corrected chi connectivity index (χ2v) is 6.09. The fourth-order valence-corrected chi connectivity index (χ4v) is 3.32. The molecule has 0 bridgehead atoms. The normalized spacial score (nSPS) is 17.5. The lowest BCUT2D eigenvalue weighted by atomic mass is 10.1. The minimum atomic E-state index is 0.184. The van der Waals surface area contributed by atoms with Crippen LogP contribution < -0.4 is 11.5 Å². The highest BCUT2D eigenvalue weighted by Gasteiger charge is 2.30. The zero-order chi connectivity index (χ0) is 16.0. The Morgan fingerprint density at radius 2 is 1.87 bits per heavy atom. The van der Waals surface area contributed by atoms with Crippen LogP contribution in [0.25, 0.3) is 10.8 Å². The van der Waals surface area contributed by atoms with Crippen molar-refractivity contribution in [1.29, 1.82) is 0 Å². The molecule has 1 aliphatic rings. The standard InChI is InChI=1S/C18H19N5/c1-11-16-15(17(19)22-18(20)21-16)10-23(11)9-12-6-7-13-4-2-3-5-14(13)8-12/h2-8,11H,9-10H2,1H3,(H4,19,20,21,22). The lowest BCUT2D eigenvalue weighted by Crippen LogP contribution is -2.19. The van der Waals surface area contributed by atoms with Gasteiger partial charge in [0.2, 0.25) is 5.95 Å². The van der Waals surface area contributed by atoms with Crippen LogP contribution in [0.15, 0.2) is 42.5 Å². The summed E-state index contributed by atoms with van der Waals surface area (Å²) in [5.41, 5.74) is 15.0. The molecule has 116 valence electrons. The molecule has 2 aromatic carbocycles. The largest absolute Gasteiger partial charge is 0.383 e. The highest BCUT2D eigenvalue weighted by atomic mass is 15.2. The van der Waals surface area contributed by atoms with E-state index in [-0.39, 0.29) is 12.0 Å². The number of hydrogen-bond acceptors (Lipinski definition) is 5. The van der Waals surface area contributed by atoms with Gasteiger partial charge in [-0.25, -0.2) is 4.98 Å². The predicted octanol–water partition coefficient (Wildman–Crippen LogP) is 2.87. The Bertz CT molecular complexity index is 890. The second-order valence-electron chi connectivity index (χ2n) is 6.09. The van der Waals surface area contributed by atoms with Crippen molar-refractivity contribution in [3.8, 4) is 0 Å². The van der Waals surface area contributed by atoms with Crippen LogP contribution in [0.4, 0.5) is 11.8 Å². The maximum Gasteiger partial charge on any atom is 0.222 e. The van der Waals surface area contributed by atoms with Crippen LogP contribution in [0.5, 0.6) is 0 Å². The van der Waals surface area contributed by atoms with Crippen LogP contribution in [0.1, 0.15) is 29.8 Å². The average molecular weight is 305 g/mol. The average Bonchev–Trinajstić information content (AvgIpc) is 2.84. The lowest BCUT2D eigenvalue weighted by Gasteiger charge is -2.21. The van der Waals surface area contributed by atoms with Crippen molar-refractivity contribution >= 4 is 22.5 Å². The summed E-state index contributed by atoms with van der Waals surface area (Å²) in [7, 11) is 0. The van der Waals surface area contributed by atoms with Gasteiger partial charge >= 0.3 is 0 Å². The van der Waals surface area contributed by atoms with E-state index in [1.165, 1.54) is 16.3 Å². The van der Waals surface area contributed by atoms with E-state index in [2.05, 4.69) is 64.3 Å². The van der Waals surface area contributed by atoms with E-state index in [0.29, 0.717) is 5.82 Å². The molecule has 1 atom stereocenters. The smallest absolute Gasteiger partial charge is 0.222 e. The van der Waals surface area contributed by atoms with Crippen molar-refractivity contribution in [2.24, 2.45) is 0 Å². The maximum absolute atomic E-state index is 6.01. The van der Waals surface area contributed by atoms with Crippen LogP contribution in [-0.2, 0) is 13.1 Å². The fraction of sp³-hybridized carbons (Fsp3) is 0.222. The second kappa shape index (κ2) is 5.21. The SMILES string of the molecule is CC1c2nc(N)nc(N)c2CN1Cc1ccc2ccccc2c1. The van der Waals surface area contributed by atoms with E-state index < -0.39 is 0 Å². The molecule has 0 saturated carbocycles. The summed E-state index contributed by atoms with van der Waals surface area (Å²) in [6.45, 7) is 3.75. The Labute approximate surface area is 135 Å². The van der Waals surface area contributed by atoms with Crippen LogP contribution in [-0.4, -0.2) is 14.9 Å². The van der Waals surface area contributed by atoms with Gasteiger partial charge in [0.15, 0.2) is 0 Å². The number of fused-ring (bicyclic) bond motifs is 2. The van der Waals surface area contributed by atoms with E-state index in [0.717, 1.165) is 24.3 Å². The zero-order valence-electron chi connectivity index (χ0n) is 13.0. The summed E-state index contributed by atoms with van der Waals surface area (Å²) in [5, 5.41) is 2.52. The van der Waals surface area contributed by atoms with E-state index in [1.54, 1.807) is 0 Å². The van der Waals surface area contributed by atoms with Gasteiger partial charge in [-0.1, -0.05) is 36.4 Å². The molecule has 1 aromatic heterocycles. The molecule has 0 saturated heterocycles. The van der Waals surface area contributed by atoms with Gasteiger partial charge in [0.05, 0.1) is 11.7 Å². The van der Waals surface area contributed by atoms with Gasteiger partial charge in [-0.05, 0) is 29.3 Å². The maximum atomic E-state index is 6.01. The van der Waals surface area contributed by atoms with Gasteiger partial charge in [0, 0.05) is 18.7 Å². The molecule has 0 amide bonds. The number of rotatable bonds is 2. The summed E-state index contributed by atoms with van der Waals surface area (Å²) < 4.78 is 0. The number of benzene rings is 2. The Morgan fingerprint density at radius 3 is 2.70 bits per heavy atom. The Balaban J connectivity index is 1.63. The Hall–Kier alpha value is -2.66. The number of nitrogens with two attached hydrogens (primary N) is 2. The molecule has 3 aromatic rings. The molecule has 0 spiro atoms. The number of nitrogens with zero attached hydrogens (tertiary/aromatic N) is 3. The minimum Gasteiger partial charge on any atom is -0.383 e. The molecule has 0 fully saturated rings. The van der Waals surface area contributed by atoms with Gasteiger partial charge < -0.3 is 11.5 Å². The van der Waals surface area contributed by atoms with Crippen molar-refractivity contribution in [3.63, 3.8) is 0 Å².